The third-order valence-electron chi connectivity index (χ3n) is 2.64. The van der Waals surface area contributed by atoms with Crippen molar-refractivity contribution in [3.63, 3.8) is 0 Å². The standard InChI is InChI=1S/C11H15BrN2O3S/c12-9-1-3-11(4-2-9)18(15,16)14-7-10-8-17-6-5-13-10/h1-4,10,13-14H,5-8H2. The van der Waals surface area contributed by atoms with Gasteiger partial charge in [-0.25, -0.2) is 13.1 Å². The fourth-order valence-electron chi connectivity index (χ4n) is 1.66. The zero-order valence-corrected chi connectivity index (χ0v) is 12.1. The molecule has 1 saturated heterocycles. The molecular formula is C11H15BrN2O3S. The van der Waals surface area contributed by atoms with E-state index in [1.807, 2.05) is 0 Å². The summed E-state index contributed by atoms with van der Waals surface area (Å²) >= 11 is 3.27. The van der Waals surface area contributed by atoms with Gasteiger partial charge in [-0.15, -0.1) is 0 Å². The molecule has 0 bridgehead atoms. The number of hydrogen-bond donors (Lipinski definition) is 2. The van der Waals surface area contributed by atoms with E-state index >= 15 is 0 Å². The van der Waals surface area contributed by atoms with E-state index in [1.165, 1.54) is 0 Å². The average molecular weight is 335 g/mol. The highest BCUT2D eigenvalue weighted by molar-refractivity contribution is 9.10. The summed E-state index contributed by atoms with van der Waals surface area (Å²) < 4.78 is 32.7. The van der Waals surface area contributed by atoms with Gasteiger partial charge in [0.15, 0.2) is 0 Å². The van der Waals surface area contributed by atoms with E-state index < -0.39 is 10.0 Å². The van der Waals surface area contributed by atoms with Crippen LogP contribution >= 0.6 is 15.9 Å². The van der Waals surface area contributed by atoms with Crippen LogP contribution in [0.3, 0.4) is 0 Å². The Bertz CT molecular complexity index is 484. The quantitative estimate of drug-likeness (QED) is 0.851. The van der Waals surface area contributed by atoms with E-state index in [0.29, 0.717) is 19.8 Å². The Hall–Kier alpha value is -0.470. The van der Waals surface area contributed by atoms with E-state index in [9.17, 15) is 8.42 Å². The van der Waals surface area contributed by atoms with Crippen LogP contribution in [0.5, 0.6) is 0 Å². The smallest absolute Gasteiger partial charge is 0.240 e. The number of sulfonamides is 1. The summed E-state index contributed by atoms with van der Waals surface area (Å²) in [6.45, 7) is 2.29. The van der Waals surface area contributed by atoms with E-state index in [4.69, 9.17) is 4.74 Å². The molecular weight excluding hydrogens is 320 g/mol. The van der Waals surface area contributed by atoms with Gasteiger partial charge < -0.3 is 10.1 Å². The minimum atomic E-state index is -3.44. The van der Waals surface area contributed by atoms with Crippen LogP contribution in [0.4, 0.5) is 0 Å². The van der Waals surface area contributed by atoms with Crippen LogP contribution in [0.15, 0.2) is 33.6 Å². The molecule has 0 radical (unpaired) electrons. The van der Waals surface area contributed by atoms with Gasteiger partial charge in [0.1, 0.15) is 0 Å². The molecule has 0 aromatic heterocycles. The van der Waals surface area contributed by atoms with Gasteiger partial charge in [-0.2, -0.15) is 0 Å². The number of halogens is 1. The zero-order valence-electron chi connectivity index (χ0n) is 9.73. The molecule has 7 heteroatoms. The fraction of sp³-hybridized carbons (Fsp3) is 0.455. The number of benzene rings is 1. The molecule has 1 aromatic rings. The summed E-state index contributed by atoms with van der Waals surface area (Å²) in [5, 5.41) is 3.19. The predicted molar refractivity (Wildman–Crippen MR) is 71.9 cm³/mol. The lowest BCUT2D eigenvalue weighted by Gasteiger charge is -2.23. The number of ether oxygens (including phenoxy) is 1. The summed E-state index contributed by atoms with van der Waals surface area (Å²) in [4.78, 5) is 0.266. The third kappa shape index (κ3) is 3.76. The zero-order chi connectivity index (χ0) is 13.0. The summed E-state index contributed by atoms with van der Waals surface area (Å²) in [6, 6.07) is 6.57. The fourth-order valence-corrected chi connectivity index (χ4v) is 3.00. The first-order chi connectivity index (χ1) is 8.58. The van der Waals surface area contributed by atoms with Gasteiger partial charge in [0.2, 0.25) is 10.0 Å². The van der Waals surface area contributed by atoms with Crippen molar-refractivity contribution in [2.75, 3.05) is 26.3 Å². The van der Waals surface area contributed by atoms with Crippen LogP contribution in [0.1, 0.15) is 0 Å². The van der Waals surface area contributed by atoms with Gasteiger partial charge in [-0.3, -0.25) is 0 Å². The minimum Gasteiger partial charge on any atom is -0.378 e. The lowest BCUT2D eigenvalue weighted by atomic mass is 10.3. The van der Waals surface area contributed by atoms with Gasteiger partial charge in [0.05, 0.1) is 18.1 Å². The molecule has 1 aliphatic rings. The molecule has 1 aromatic carbocycles. The van der Waals surface area contributed by atoms with Crippen LogP contribution in [0, 0.1) is 0 Å². The minimum absolute atomic E-state index is 0.0315. The molecule has 1 unspecified atom stereocenters. The second kappa shape index (κ2) is 6.12. The first kappa shape index (κ1) is 14.0. The second-order valence-corrected chi connectivity index (χ2v) is 6.71. The topological polar surface area (TPSA) is 67.4 Å². The molecule has 1 atom stereocenters. The molecule has 0 aliphatic carbocycles. The second-order valence-electron chi connectivity index (χ2n) is 4.03. The van der Waals surface area contributed by atoms with E-state index in [1.54, 1.807) is 24.3 Å². The van der Waals surface area contributed by atoms with Crippen molar-refractivity contribution >= 4 is 26.0 Å². The molecule has 0 saturated carbocycles. The molecule has 100 valence electrons. The van der Waals surface area contributed by atoms with Crippen molar-refractivity contribution in [1.29, 1.82) is 0 Å². The summed E-state index contributed by atoms with van der Waals surface area (Å²) in [6.07, 6.45) is 0. The Labute approximate surface area is 115 Å². The molecule has 2 N–H and O–H groups in total. The molecule has 18 heavy (non-hydrogen) atoms. The number of rotatable bonds is 4. The maximum atomic E-state index is 12.0. The van der Waals surface area contributed by atoms with Crippen molar-refractivity contribution in [1.82, 2.24) is 10.0 Å². The summed E-state index contributed by atoms with van der Waals surface area (Å²) in [5.41, 5.74) is 0. The Balaban J connectivity index is 1.96. The maximum absolute atomic E-state index is 12.0. The predicted octanol–water partition coefficient (Wildman–Crippen LogP) is 0.716. The Kier molecular flexibility index (Phi) is 4.74. The van der Waals surface area contributed by atoms with E-state index in [0.717, 1.165) is 11.0 Å². The van der Waals surface area contributed by atoms with Crippen molar-refractivity contribution in [2.45, 2.75) is 10.9 Å². The summed E-state index contributed by atoms with van der Waals surface area (Å²) in [7, 11) is -3.44. The largest absolute Gasteiger partial charge is 0.378 e. The van der Waals surface area contributed by atoms with Crippen LogP contribution in [-0.2, 0) is 14.8 Å². The normalized spacial score (nSPS) is 20.8. The summed E-state index contributed by atoms with van der Waals surface area (Å²) in [5.74, 6) is 0. The van der Waals surface area contributed by atoms with Crippen LogP contribution in [-0.4, -0.2) is 40.8 Å². The monoisotopic (exact) mass is 334 g/mol. The van der Waals surface area contributed by atoms with Crippen LogP contribution in [0.25, 0.3) is 0 Å². The van der Waals surface area contributed by atoms with Gasteiger partial charge in [0.25, 0.3) is 0 Å². The Morgan fingerprint density at radius 2 is 2.11 bits per heavy atom. The van der Waals surface area contributed by atoms with Crippen molar-refractivity contribution in [3.8, 4) is 0 Å². The van der Waals surface area contributed by atoms with Crippen LogP contribution < -0.4 is 10.0 Å². The van der Waals surface area contributed by atoms with Crippen molar-refractivity contribution in [2.24, 2.45) is 0 Å². The molecule has 0 spiro atoms. The first-order valence-corrected chi connectivity index (χ1v) is 7.92. The molecule has 1 heterocycles. The number of morpholine rings is 1. The lowest BCUT2D eigenvalue weighted by Crippen LogP contribution is -2.48. The maximum Gasteiger partial charge on any atom is 0.240 e. The van der Waals surface area contributed by atoms with Gasteiger partial charge in [-0.1, -0.05) is 15.9 Å². The van der Waals surface area contributed by atoms with Crippen molar-refractivity contribution in [3.05, 3.63) is 28.7 Å². The highest BCUT2D eigenvalue weighted by Crippen LogP contribution is 2.14. The molecule has 2 rings (SSSR count). The highest BCUT2D eigenvalue weighted by Gasteiger charge is 2.18. The molecule has 1 fully saturated rings. The highest BCUT2D eigenvalue weighted by atomic mass is 79.9. The molecule has 1 aliphatic heterocycles. The van der Waals surface area contributed by atoms with E-state index in [-0.39, 0.29) is 10.9 Å². The Morgan fingerprint density at radius 1 is 1.39 bits per heavy atom. The van der Waals surface area contributed by atoms with Crippen molar-refractivity contribution < 1.29 is 13.2 Å². The molecule has 5 nitrogen and oxygen atoms in total. The molecule has 0 amide bonds. The van der Waals surface area contributed by atoms with Crippen LogP contribution in [0.2, 0.25) is 0 Å². The van der Waals surface area contributed by atoms with E-state index in [2.05, 4.69) is 26.0 Å². The average Bonchev–Trinajstić information content (AvgIpc) is 2.38. The third-order valence-corrected chi connectivity index (χ3v) is 4.61. The van der Waals surface area contributed by atoms with Gasteiger partial charge in [0, 0.05) is 23.6 Å². The van der Waals surface area contributed by atoms with Gasteiger partial charge in [-0.05, 0) is 24.3 Å². The van der Waals surface area contributed by atoms with Gasteiger partial charge >= 0.3 is 0 Å². The first-order valence-electron chi connectivity index (χ1n) is 5.64. The number of nitrogens with one attached hydrogen (secondary N) is 2. The SMILES string of the molecule is O=S(=O)(NCC1COCCN1)c1ccc(Br)cc1. The number of hydrogen-bond acceptors (Lipinski definition) is 4. The lowest BCUT2D eigenvalue weighted by molar-refractivity contribution is 0.0784. The Morgan fingerprint density at radius 3 is 2.72 bits per heavy atom.